The van der Waals surface area contributed by atoms with Crippen molar-refractivity contribution in [3.05, 3.63) is 23.8 Å². The summed E-state index contributed by atoms with van der Waals surface area (Å²) in [6, 6.07) is 2.35. The van der Waals surface area contributed by atoms with Crippen molar-refractivity contribution in [3.63, 3.8) is 0 Å². The first-order chi connectivity index (χ1) is 5.65. The maximum absolute atomic E-state index is 9.23. The standard InChI is InChI=1S/C9H10O3/c1-2-3-7-8(11)4-6(10)5-9(7)12/h2-5,10-12H,1H3/b3-2-. The normalized spacial score (nSPS) is 10.8. The molecule has 3 N–H and O–H groups in total. The van der Waals surface area contributed by atoms with E-state index in [-0.39, 0.29) is 17.2 Å². The lowest BCUT2D eigenvalue weighted by Gasteiger charge is -2.02. The first kappa shape index (κ1) is 8.46. The zero-order valence-corrected chi connectivity index (χ0v) is 6.65. The summed E-state index contributed by atoms with van der Waals surface area (Å²) in [5.74, 6) is -0.422. The fourth-order valence-corrected chi connectivity index (χ4v) is 0.946. The summed E-state index contributed by atoms with van der Waals surface area (Å²) in [5.41, 5.74) is 0.315. The molecule has 1 aromatic rings. The monoisotopic (exact) mass is 166 g/mol. The van der Waals surface area contributed by atoms with Gasteiger partial charge >= 0.3 is 0 Å². The van der Waals surface area contributed by atoms with Gasteiger partial charge in [0, 0.05) is 12.1 Å². The molecular formula is C9H10O3. The maximum Gasteiger partial charge on any atom is 0.130 e. The van der Waals surface area contributed by atoms with Gasteiger partial charge in [-0.25, -0.2) is 0 Å². The molecule has 3 nitrogen and oxygen atoms in total. The van der Waals surface area contributed by atoms with Crippen molar-refractivity contribution in [1.29, 1.82) is 0 Å². The van der Waals surface area contributed by atoms with Gasteiger partial charge in [-0.15, -0.1) is 0 Å². The highest BCUT2D eigenvalue weighted by Crippen LogP contribution is 2.32. The van der Waals surface area contributed by atoms with Crippen LogP contribution in [0.4, 0.5) is 0 Å². The summed E-state index contributed by atoms with van der Waals surface area (Å²) in [6.07, 6.45) is 3.25. The lowest BCUT2D eigenvalue weighted by molar-refractivity contribution is 0.426. The Kier molecular flexibility index (Phi) is 2.24. The summed E-state index contributed by atoms with van der Waals surface area (Å²) in [7, 11) is 0. The summed E-state index contributed by atoms with van der Waals surface area (Å²) in [5, 5.41) is 27.4. The van der Waals surface area contributed by atoms with Crippen LogP contribution in [0.15, 0.2) is 18.2 Å². The van der Waals surface area contributed by atoms with Crippen LogP contribution in [0.25, 0.3) is 6.08 Å². The molecule has 0 aliphatic heterocycles. The predicted octanol–water partition coefficient (Wildman–Crippen LogP) is 1.84. The van der Waals surface area contributed by atoms with Gasteiger partial charge in [0.1, 0.15) is 17.2 Å². The highest BCUT2D eigenvalue weighted by molar-refractivity contribution is 5.65. The molecule has 1 aromatic carbocycles. The zero-order chi connectivity index (χ0) is 9.14. The van der Waals surface area contributed by atoms with Crippen LogP contribution in [0.2, 0.25) is 0 Å². The van der Waals surface area contributed by atoms with E-state index in [9.17, 15) is 10.2 Å². The van der Waals surface area contributed by atoms with Crippen LogP contribution in [-0.4, -0.2) is 15.3 Å². The van der Waals surface area contributed by atoms with Gasteiger partial charge in [-0.2, -0.15) is 0 Å². The summed E-state index contributed by atoms with van der Waals surface area (Å²) in [4.78, 5) is 0. The smallest absolute Gasteiger partial charge is 0.130 e. The number of aromatic hydroxyl groups is 3. The summed E-state index contributed by atoms with van der Waals surface area (Å²) >= 11 is 0. The number of benzene rings is 1. The molecule has 3 heteroatoms. The van der Waals surface area contributed by atoms with Gasteiger partial charge in [-0.05, 0) is 6.92 Å². The molecule has 64 valence electrons. The molecule has 0 aliphatic rings. The molecule has 0 saturated carbocycles. The summed E-state index contributed by atoms with van der Waals surface area (Å²) in [6.45, 7) is 1.77. The van der Waals surface area contributed by atoms with Crippen molar-refractivity contribution < 1.29 is 15.3 Å². The van der Waals surface area contributed by atoms with Gasteiger partial charge in [-0.3, -0.25) is 0 Å². The van der Waals surface area contributed by atoms with E-state index in [0.29, 0.717) is 5.56 Å². The quantitative estimate of drug-likeness (QED) is 0.596. The minimum absolute atomic E-state index is 0.134. The molecule has 12 heavy (non-hydrogen) atoms. The second-order valence-electron chi connectivity index (χ2n) is 2.40. The van der Waals surface area contributed by atoms with Crippen LogP contribution >= 0.6 is 0 Å². The van der Waals surface area contributed by atoms with E-state index in [1.165, 1.54) is 12.1 Å². The van der Waals surface area contributed by atoms with Gasteiger partial charge in [-0.1, -0.05) is 12.2 Å². The van der Waals surface area contributed by atoms with Crippen molar-refractivity contribution in [3.8, 4) is 17.2 Å². The second kappa shape index (κ2) is 3.17. The van der Waals surface area contributed by atoms with Crippen LogP contribution in [0.1, 0.15) is 12.5 Å². The van der Waals surface area contributed by atoms with Crippen LogP contribution in [0, 0.1) is 0 Å². The predicted molar refractivity (Wildman–Crippen MR) is 46.1 cm³/mol. The van der Waals surface area contributed by atoms with Gasteiger partial charge in [0.05, 0.1) is 5.56 Å². The zero-order valence-electron chi connectivity index (χ0n) is 6.65. The van der Waals surface area contributed by atoms with E-state index < -0.39 is 0 Å². The molecule has 0 radical (unpaired) electrons. The Morgan fingerprint density at radius 2 is 1.58 bits per heavy atom. The first-order valence-electron chi connectivity index (χ1n) is 3.52. The Bertz CT molecular complexity index is 293. The highest BCUT2D eigenvalue weighted by atomic mass is 16.3. The van der Waals surface area contributed by atoms with E-state index >= 15 is 0 Å². The third-order valence-corrected chi connectivity index (χ3v) is 1.45. The average Bonchev–Trinajstić information content (AvgIpc) is 1.96. The number of hydrogen-bond acceptors (Lipinski definition) is 3. The maximum atomic E-state index is 9.23. The molecule has 0 saturated heterocycles. The molecule has 0 atom stereocenters. The molecule has 0 bridgehead atoms. The van der Waals surface area contributed by atoms with Crippen LogP contribution in [0.3, 0.4) is 0 Å². The van der Waals surface area contributed by atoms with E-state index in [0.717, 1.165) is 0 Å². The fourth-order valence-electron chi connectivity index (χ4n) is 0.946. The molecule has 1 rings (SSSR count). The molecular weight excluding hydrogens is 156 g/mol. The molecule has 0 unspecified atom stereocenters. The molecule has 0 fully saturated rings. The van der Waals surface area contributed by atoms with Crippen molar-refractivity contribution >= 4 is 6.08 Å². The topological polar surface area (TPSA) is 60.7 Å². The van der Waals surface area contributed by atoms with E-state index in [2.05, 4.69) is 0 Å². The highest BCUT2D eigenvalue weighted by Gasteiger charge is 2.05. The van der Waals surface area contributed by atoms with Crippen LogP contribution < -0.4 is 0 Å². The average molecular weight is 166 g/mol. The number of allylic oxidation sites excluding steroid dienone is 1. The Morgan fingerprint density at radius 3 is 2.00 bits per heavy atom. The number of phenols is 3. The van der Waals surface area contributed by atoms with Crippen molar-refractivity contribution in [2.75, 3.05) is 0 Å². The van der Waals surface area contributed by atoms with Crippen LogP contribution in [-0.2, 0) is 0 Å². The van der Waals surface area contributed by atoms with E-state index in [1.807, 2.05) is 0 Å². The Hall–Kier alpha value is -1.64. The Morgan fingerprint density at radius 1 is 1.08 bits per heavy atom. The SMILES string of the molecule is C/C=C\c1c(O)cc(O)cc1O. The lowest BCUT2D eigenvalue weighted by Crippen LogP contribution is -1.76. The van der Waals surface area contributed by atoms with Gasteiger partial charge in [0.25, 0.3) is 0 Å². The molecule has 0 spiro atoms. The molecule has 0 heterocycles. The van der Waals surface area contributed by atoms with E-state index in [4.69, 9.17) is 5.11 Å². The first-order valence-corrected chi connectivity index (χ1v) is 3.52. The minimum atomic E-state index is -0.154. The largest absolute Gasteiger partial charge is 0.508 e. The number of rotatable bonds is 1. The molecule has 0 aliphatic carbocycles. The van der Waals surface area contributed by atoms with Crippen LogP contribution in [0.5, 0.6) is 17.2 Å². The van der Waals surface area contributed by atoms with Crippen molar-refractivity contribution in [2.45, 2.75) is 6.92 Å². The third-order valence-electron chi connectivity index (χ3n) is 1.45. The molecule has 0 aromatic heterocycles. The third kappa shape index (κ3) is 1.50. The Balaban J connectivity index is 3.28. The second-order valence-corrected chi connectivity index (χ2v) is 2.40. The van der Waals surface area contributed by atoms with Gasteiger partial charge < -0.3 is 15.3 Å². The van der Waals surface area contributed by atoms with E-state index in [1.54, 1.807) is 19.1 Å². The Labute approximate surface area is 70.2 Å². The van der Waals surface area contributed by atoms with Crippen molar-refractivity contribution in [1.82, 2.24) is 0 Å². The minimum Gasteiger partial charge on any atom is -0.508 e. The summed E-state index contributed by atoms with van der Waals surface area (Å²) < 4.78 is 0. The van der Waals surface area contributed by atoms with Gasteiger partial charge in [0.15, 0.2) is 0 Å². The number of phenolic OH excluding ortho intramolecular Hbond substituents is 3. The molecule has 0 amide bonds. The van der Waals surface area contributed by atoms with Gasteiger partial charge in [0.2, 0.25) is 0 Å². The van der Waals surface area contributed by atoms with Crippen molar-refractivity contribution in [2.24, 2.45) is 0 Å². The number of hydrogen-bond donors (Lipinski definition) is 3. The lowest BCUT2D eigenvalue weighted by atomic mass is 10.1. The fraction of sp³-hybridized carbons (Fsp3) is 0.111.